The summed E-state index contributed by atoms with van der Waals surface area (Å²) >= 11 is 1.40. The molecule has 0 aliphatic carbocycles. The van der Waals surface area contributed by atoms with Crippen LogP contribution < -0.4 is 5.32 Å². The highest BCUT2D eigenvalue weighted by molar-refractivity contribution is 8.16. The standard InChI is InChI=1S/C24H29FN4O3S/c1-16-21(23(31)32-2)22(17-7-6-8-18(25)13-17)29-19(15-33-24(29)27-16)14-20(30)26-9-12-28-10-4-3-5-11-28/h6-8,13,15,22H,3-5,9-12,14H2,1-2H3,(H,26,30). The number of piperidine rings is 1. The molecule has 4 rings (SSSR count). The first kappa shape index (κ1) is 23.5. The molecule has 9 heteroatoms. The van der Waals surface area contributed by atoms with Gasteiger partial charge < -0.3 is 19.9 Å². The first-order valence-electron chi connectivity index (χ1n) is 11.2. The van der Waals surface area contributed by atoms with Crippen molar-refractivity contribution in [3.63, 3.8) is 0 Å². The summed E-state index contributed by atoms with van der Waals surface area (Å²) in [5.41, 5.74) is 2.18. The number of methoxy groups -OCH3 is 1. The van der Waals surface area contributed by atoms with E-state index in [1.807, 2.05) is 10.3 Å². The van der Waals surface area contributed by atoms with Crippen molar-refractivity contribution in [2.24, 2.45) is 4.99 Å². The summed E-state index contributed by atoms with van der Waals surface area (Å²) in [5.74, 6) is -1.01. The molecular weight excluding hydrogens is 443 g/mol. The maximum absolute atomic E-state index is 14.1. The Bertz CT molecular complexity index is 1020. The Morgan fingerprint density at radius 2 is 2.06 bits per heavy atom. The average Bonchev–Trinajstić information content (AvgIpc) is 3.20. The topological polar surface area (TPSA) is 74.2 Å². The summed E-state index contributed by atoms with van der Waals surface area (Å²) in [6, 6.07) is 5.53. The zero-order chi connectivity index (χ0) is 23.4. The van der Waals surface area contributed by atoms with Crippen LogP contribution in [0.3, 0.4) is 0 Å². The summed E-state index contributed by atoms with van der Waals surface area (Å²) in [4.78, 5) is 34.2. The molecule has 0 saturated carbocycles. The molecule has 7 nitrogen and oxygen atoms in total. The molecule has 1 amide bonds. The fraction of sp³-hybridized carbons (Fsp3) is 0.458. The highest BCUT2D eigenvalue weighted by atomic mass is 32.2. The Morgan fingerprint density at radius 1 is 1.27 bits per heavy atom. The normalized spacial score (nSPS) is 20.8. The van der Waals surface area contributed by atoms with Crippen LogP contribution in [0.5, 0.6) is 0 Å². The molecule has 0 aromatic heterocycles. The number of thioether (sulfide) groups is 1. The molecule has 1 saturated heterocycles. The van der Waals surface area contributed by atoms with Gasteiger partial charge in [0.1, 0.15) is 5.82 Å². The van der Waals surface area contributed by atoms with Crippen LogP contribution in [0.1, 0.15) is 44.2 Å². The van der Waals surface area contributed by atoms with Crippen LogP contribution >= 0.6 is 11.8 Å². The zero-order valence-corrected chi connectivity index (χ0v) is 19.8. The highest BCUT2D eigenvalue weighted by Gasteiger charge is 2.41. The molecule has 1 fully saturated rings. The molecule has 0 bridgehead atoms. The number of carbonyl (C=O) groups is 2. The number of ether oxygens (including phenoxy) is 1. The lowest BCUT2D eigenvalue weighted by atomic mass is 9.94. The van der Waals surface area contributed by atoms with Crippen molar-refractivity contribution in [2.45, 2.75) is 38.6 Å². The van der Waals surface area contributed by atoms with Gasteiger partial charge in [-0.3, -0.25) is 4.79 Å². The van der Waals surface area contributed by atoms with Crippen LogP contribution in [-0.2, 0) is 14.3 Å². The van der Waals surface area contributed by atoms with E-state index in [2.05, 4.69) is 15.2 Å². The lowest BCUT2D eigenvalue weighted by molar-refractivity contribution is -0.136. The third-order valence-electron chi connectivity index (χ3n) is 6.11. The van der Waals surface area contributed by atoms with Crippen LogP contribution in [0.4, 0.5) is 4.39 Å². The van der Waals surface area contributed by atoms with Gasteiger partial charge in [0.05, 0.1) is 30.8 Å². The number of rotatable bonds is 7. The second kappa shape index (κ2) is 10.5. The number of allylic oxidation sites excluding steroid dienone is 1. The largest absolute Gasteiger partial charge is 0.466 e. The van der Waals surface area contributed by atoms with E-state index in [0.717, 1.165) is 25.3 Å². The van der Waals surface area contributed by atoms with E-state index >= 15 is 0 Å². The third kappa shape index (κ3) is 5.30. The number of amidine groups is 1. The van der Waals surface area contributed by atoms with E-state index in [0.29, 0.717) is 28.5 Å². The average molecular weight is 473 g/mol. The van der Waals surface area contributed by atoms with Crippen LogP contribution in [0, 0.1) is 5.82 Å². The summed E-state index contributed by atoms with van der Waals surface area (Å²) in [6.07, 6.45) is 3.85. The molecule has 0 radical (unpaired) electrons. The molecule has 33 heavy (non-hydrogen) atoms. The number of benzene rings is 1. The molecule has 3 aliphatic heterocycles. The molecule has 0 spiro atoms. The second-order valence-electron chi connectivity index (χ2n) is 8.37. The van der Waals surface area contributed by atoms with Crippen LogP contribution in [-0.4, -0.2) is 60.1 Å². The van der Waals surface area contributed by atoms with Crippen molar-refractivity contribution in [1.82, 2.24) is 15.1 Å². The summed E-state index contributed by atoms with van der Waals surface area (Å²) in [5, 5.41) is 5.54. The van der Waals surface area contributed by atoms with Crippen molar-refractivity contribution in [2.75, 3.05) is 33.3 Å². The number of amides is 1. The van der Waals surface area contributed by atoms with E-state index in [1.165, 1.54) is 50.3 Å². The highest BCUT2D eigenvalue weighted by Crippen LogP contribution is 2.44. The third-order valence-corrected chi connectivity index (χ3v) is 7.00. The number of carbonyl (C=O) groups excluding carboxylic acids is 2. The predicted molar refractivity (Wildman–Crippen MR) is 127 cm³/mol. The van der Waals surface area contributed by atoms with E-state index in [4.69, 9.17) is 4.74 Å². The summed E-state index contributed by atoms with van der Waals surface area (Å²) in [6.45, 7) is 5.36. The van der Waals surface area contributed by atoms with Gasteiger partial charge in [0.25, 0.3) is 0 Å². The predicted octanol–water partition coefficient (Wildman–Crippen LogP) is 3.57. The minimum Gasteiger partial charge on any atom is -0.466 e. The SMILES string of the molecule is COC(=O)C1=C(C)N=C2SC=C(CC(=O)NCCN3CCCCC3)N2C1c1cccc(F)c1. The fourth-order valence-electron chi connectivity index (χ4n) is 4.50. The van der Waals surface area contributed by atoms with Crippen molar-refractivity contribution >= 4 is 28.8 Å². The quantitative estimate of drug-likeness (QED) is 0.612. The van der Waals surface area contributed by atoms with Crippen molar-refractivity contribution in [1.29, 1.82) is 0 Å². The number of hydrogen-bond acceptors (Lipinski definition) is 7. The number of halogens is 1. The number of hydrogen-bond donors (Lipinski definition) is 1. The van der Waals surface area contributed by atoms with Crippen molar-refractivity contribution < 1.29 is 18.7 Å². The van der Waals surface area contributed by atoms with E-state index in [-0.39, 0.29) is 12.3 Å². The lowest BCUT2D eigenvalue weighted by Crippen LogP contribution is -2.39. The van der Waals surface area contributed by atoms with Crippen molar-refractivity contribution in [3.8, 4) is 0 Å². The minimum atomic E-state index is -0.622. The smallest absolute Gasteiger partial charge is 0.338 e. The number of aliphatic imine (C=N–C) groups is 1. The van der Waals surface area contributed by atoms with Crippen LogP contribution in [0.25, 0.3) is 0 Å². The molecular formula is C24H29FN4O3S. The van der Waals surface area contributed by atoms with E-state index in [9.17, 15) is 14.0 Å². The number of esters is 1. The van der Waals surface area contributed by atoms with Crippen molar-refractivity contribution in [3.05, 3.63) is 58.0 Å². The number of nitrogens with zero attached hydrogens (tertiary/aromatic N) is 3. The minimum absolute atomic E-state index is 0.0935. The molecule has 1 aromatic carbocycles. The molecule has 1 aromatic rings. The van der Waals surface area contributed by atoms with Gasteiger partial charge >= 0.3 is 5.97 Å². The summed E-state index contributed by atoms with van der Waals surface area (Å²) in [7, 11) is 1.32. The monoisotopic (exact) mass is 472 g/mol. The van der Waals surface area contributed by atoms with Crippen LogP contribution in [0.15, 0.2) is 51.6 Å². The van der Waals surface area contributed by atoms with Gasteiger partial charge in [-0.25, -0.2) is 14.2 Å². The maximum Gasteiger partial charge on any atom is 0.338 e. The fourth-order valence-corrected chi connectivity index (χ4v) is 5.46. The lowest BCUT2D eigenvalue weighted by Gasteiger charge is -2.36. The van der Waals surface area contributed by atoms with E-state index in [1.54, 1.807) is 19.1 Å². The van der Waals surface area contributed by atoms with Gasteiger partial charge in [-0.2, -0.15) is 0 Å². The number of nitrogens with one attached hydrogen (secondary N) is 1. The van der Waals surface area contributed by atoms with Gasteiger partial charge in [0.15, 0.2) is 5.17 Å². The number of fused-ring (bicyclic) bond motifs is 1. The second-order valence-corrected chi connectivity index (χ2v) is 9.21. The Labute approximate surface area is 197 Å². The molecule has 1 N–H and O–H groups in total. The van der Waals surface area contributed by atoms with Gasteiger partial charge in [0.2, 0.25) is 5.91 Å². The maximum atomic E-state index is 14.1. The Hall–Kier alpha value is -2.65. The Kier molecular flexibility index (Phi) is 7.49. The molecule has 176 valence electrons. The molecule has 1 atom stereocenters. The van der Waals surface area contributed by atoms with Gasteiger partial charge in [-0.15, -0.1) is 0 Å². The first-order chi connectivity index (χ1) is 16.0. The van der Waals surface area contributed by atoms with Gasteiger partial charge in [-0.05, 0) is 56.0 Å². The summed E-state index contributed by atoms with van der Waals surface area (Å²) < 4.78 is 19.1. The van der Waals surface area contributed by atoms with Crippen LogP contribution in [0.2, 0.25) is 0 Å². The zero-order valence-electron chi connectivity index (χ0n) is 19.0. The van der Waals surface area contributed by atoms with Gasteiger partial charge in [0, 0.05) is 18.8 Å². The molecule has 3 heterocycles. The Morgan fingerprint density at radius 3 is 2.79 bits per heavy atom. The number of likely N-dealkylation sites (tertiary alicyclic amines) is 1. The van der Waals surface area contributed by atoms with E-state index < -0.39 is 17.8 Å². The van der Waals surface area contributed by atoms with Gasteiger partial charge in [-0.1, -0.05) is 30.3 Å². The molecule has 1 unspecified atom stereocenters. The Balaban J connectivity index is 1.51. The first-order valence-corrected chi connectivity index (χ1v) is 12.1. The molecule has 3 aliphatic rings.